The Kier molecular flexibility index (Phi) is 2.28. The van der Waals surface area contributed by atoms with Crippen LogP contribution in [0.15, 0.2) is 0 Å². The monoisotopic (exact) mass is 223 g/mol. The molecule has 4 heteroatoms. The van der Waals surface area contributed by atoms with E-state index >= 15 is 0 Å². The van der Waals surface area contributed by atoms with Crippen LogP contribution in [-0.4, -0.2) is 34.0 Å². The Bertz CT molecular complexity index is 311. The molecule has 3 fully saturated rings. The van der Waals surface area contributed by atoms with Crippen molar-refractivity contribution in [3.63, 3.8) is 0 Å². The van der Waals surface area contributed by atoms with Crippen molar-refractivity contribution in [3.05, 3.63) is 0 Å². The Balaban J connectivity index is 1.79. The molecule has 2 unspecified atom stereocenters. The maximum Gasteiger partial charge on any atom is 0.233 e. The highest BCUT2D eigenvalue weighted by molar-refractivity contribution is 6.05. The van der Waals surface area contributed by atoms with Crippen molar-refractivity contribution in [2.75, 3.05) is 0 Å². The number of aliphatic hydroxyl groups is 1. The number of hydrogen-bond acceptors (Lipinski definition) is 3. The number of fused-ring (bicyclic) bond motifs is 1. The normalized spacial score (nSPS) is 43.2. The van der Waals surface area contributed by atoms with Gasteiger partial charge in [-0.1, -0.05) is 12.8 Å². The lowest BCUT2D eigenvalue weighted by Crippen LogP contribution is -2.50. The third-order valence-corrected chi connectivity index (χ3v) is 4.33. The van der Waals surface area contributed by atoms with Gasteiger partial charge in [-0.15, -0.1) is 0 Å². The lowest BCUT2D eigenvalue weighted by molar-refractivity contribution is -0.147. The van der Waals surface area contributed by atoms with Gasteiger partial charge >= 0.3 is 0 Å². The molecule has 0 aromatic heterocycles. The number of carbonyl (C=O) groups is 2. The molecule has 1 N–H and O–H groups in total. The van der Waals surface area contributed by atoms with Crippen LogP contribution in [0.1, 0.15) is 38.5 Å². The lowest BCUT2D eigenvalue weighted by atomic mass is 9.81. The highest BCUT2D eigenvalue weighted by atomic mass is 16.3. The number of amides is 2. The molecule has 0 radical (unpaired) electrons. The minimum atomic E-state index is -0.312. The zero-order chi connectivity index (χ0) is 11.3. The van der Waals surface area contributed by atoms with E-state index in [4.69, 9.17) is 0 Å². The number of carbonyl (C=O) groups excluding carboxylic acids is 2. The molecular formula is C12H17NO3. The van der Waals surface area contributed by atoms with Crippen molar-refractivity contribution >= 4 is 11.8 Å². The molecule has 0 bridgehead atoms. The van der Waals surface area contributed by atoms with E-state index in [-0.39, 0.29) is 35.8 Å². The molecule has 2 saturated carbocycles. The van der Waals surface area contributed by atoms with Gasteiger partial charge < -0.3 is 5.11 Å². The van der Waals surface area contributed by atoms with Gasteiger partial charge in [-0.05, 0) is 25.7 Å². The van der Waals surface area contributed by atoms with Crippen LogP contribution in [0, 0.1) is 11.8 Å². The molecule has 2 amide bonds. The fourth-order valence-electron chi connectivity index (χ4n) is 3.32. The molecule has 4 nitrogen and oxygen atoms in total. The molecule has 0 aromatic rings. The first-order valence-corrected chi connectivity index (χ1v) is 6.23. The summed E-state index contributed by atoms with van der Waals surface area (Å²) in [5.41, 5.74) is 0. The molecule has 1 saturated heterocycles. The Morgan fingerprint density at radius 1 is 1.00 bits per heavy atom. The second kappa shape index (κ2) is 3.55. The number of likely N-dealkylation sites (tertiary alicyclic amines) is 1. The zero-order valence-corrected chi connectivity index (χ0v) is 9.26. The van der Waals surface area contributed by atoms with Gasteiger partial charge in [0.1, 0.15) is 0 Å². The standard InChI is InChI=1S/C12H17NO3/c14-8-5-7(6-8)13-11(15)9-3-1-2-4-10(9)12(13)16/h7-10,14H,1-6H2. The SMILES string of the molecule is O=C1C2CCCCC2C(=O)N1C1CC(O)C1. The van der Waals surface area contributed by atoms with Crippen molar-refractivity contribution < 1.29 is 14.7 Å². The van der Waals surface area contributed by atoms with Crippen LogP contribution >= 0.6 is 0 Å². The Hall–Kier alpha value is -0.900. The summed E-state index contributed by atoms with van der Waals surface area (Å²) in [5.74, 6) is -0.0174. The van der Waals surface area contributed by atoms with E-state index in [1.165, 1.54) is 4.90 Å². The maximum absolute atomic E-state index is 12.1. The predicted octanol–water partition coefficient (Wildman–Crippen LogP) is 0.685. The van der Waals surface area contributed by atoms with Gasteiger partial charge in [-0.2, -0.15) is 0 Å². The summed E-state index contributed by atoms with van der Waals surface area (Å²) in [6.45, 7) is 0. The van der Waals surface area contributed by atoms with Gasteiger partial charge in [0.05, 0.1) is 17.9 Å². The largest absolute Gasteiger partial charge is 0.393 e. The quantitative estimate of drug-likeness (QED) is 0.665. The van der Waals surface area contributed by atoms with Crippen LogP contribution in [0.4, 0.5) is 0 Å². The molecule has 88 valence electrons. The van der Waals surface area contributed by atoms with Crippen LogP contribution in [0.3, 0.4) is 0 Å². The summed E-state index contributed by atoms with van der Waals surface area (Å²) in [5, 5.41) is 9.26. The Labute approximate surface area is 94.6 Å². The number of rotatable bonds is 1. The van der Waals surface area contributed by atoms with Gasteiger partial charge in [-0.3, -0.25) is 14.5 Å². The van der Waals surface area contributed by atoms with Crippen LogP contribution in [0.2, 0.25) is 0 Å². The molecule has 0 spiro atoms. The first-order valence-electron chi connectivity index (χ1n) is 6.23. The summed E-state index contributed by atoms with van der Waals surface area (Å²) in [4.78, 5) is 25.7. The molecule has 2 aliphatic carbocycles. The summed E-state index contributed by atoms with van der Waals surface area (Å²) in [6.07, 6.45) is 4.74. The highest BCUT2D eigenvalue weighted by Crippen LogP contribution is 2.41. The van der Waals surface area contributed by atoms with Crippen LogP contribution in [0.5, 0.6) is 0 Å². The minimum absolute atomic E-state index is 0.0133. The van der Waals surface area contributed by atoms with Gasteiger partial charge in [0.25, 0.3) is 0 Å². The zero-order valence-electron chi connectivity index (χ0n) is 9.26. The molecule has 3 rings (SSSR count). The molecule has 1 aliphatic heterocycles. The van der Waals surface area contributed by atoms with Crippen molar-refractivity contribution in [1.29, 1.82) is 0 Å². The number of nitrogens with zero attached hydrogens (tertiary/aromatic N) is 1. The van der Waals surface area contributed by atoms with Crippen molar-refractivity contribution in [2.45, 2.75) is 50.7 Å². The first kappa shape index (κ1) is 10.3. The van der Waals surface area contributed by atoms with Gasteiger partial charge in [0, 0.05) is 6.04 Å². The number of hydrogen-bond donors (Lipinski definition) is 1. The van der Waals surface area contributed by atoms with Crippen molar-refractivity contribution in [1.82, 2.24) is 4.90 Å². The fourth-order valence-corrected chi connectivity index (χ4v) is 3.32. The van der Waals surface area contributed by atoms with E-state index < -0.39 is 0 Å². The van der Waals surface area contributed by atoms with Crippen LogP contribution in [0.25, 0.3) is 0 Å². The van der Waals surface area contributed by atoms with Gasteiger partial charge in [0.2, 0.25) is 11.8 Å². The Morgan fingerprint density at radius 2 is 1.50 bits per heavy atom. The van der Waals surface area contributed by atoms with Gasteiger partial charge in [0.15, 0.2) is 0 Å². The smallest absolute Gasteiger partial charge is 0.233 e. The summed E-state index contributed by atoms with van der Waals surface area (Å²) in [6, 6.07) is -0.0133. The molecular weight excluding hydrogens is 206 g/mol. The average Bonchev–Trinajstić information content (AvgIpc) is 2.49. The van der Waals surface area contributed by atoms with E-state index in [2.05, 4.69) is 0 Å². The van der Waals surface area contributed by atoms with E-state index in [0.29, 0.717) is 12.8 Å². The summed E-state index contributed by atoms with van der Waals surface area (Å²) < 4.78 is 0. The second-order valence-corrected chi connectivity index (χ2v) is 5.32. The van der Waals surface area contributed by atoms with E-state index in [1.807, 2.05) is 0 Å². The molecule has 0 aromatic carbocycles. The lowest BCUT2D eigenvalue weighted by Gasteiger charge is -2.37. The Morgan fingerprint density at radius 3 is 1.94 bits per heavy atom. The number of aliphatic hydroxyl groups excluding tert-OH is 1. The average molecular weight is 223 g/mol. The minimum Gasteiger partial charge on any atom is -0.393 e. The van der Waals surface area contributed by atoms with Crippen molar-refractivity contribution in [2.24, 2.45) is 11.8 Å². The first-order chi connectivity index (χ1) is 7.68. The van der Waals surface area contributed by atoms with Crippen molar-refractivity contribution in [3.8, 4) is 0 Å². The van der Waals surface area contributed by atoms with Gasteiger partial charge in [-0.25, -0.2) is 0 Å². The summed E-state index contributed by atoms with van der Waals surface area (Å²) in [7, 11) is 0. The van der Waals surface area contributed by atoms with Crippen LogP contribution in [-0.2, 0) is 9.59 Å². The van der Waals surface area contributed by atoms with E-state index in [0.717, 1.165) is 25.7 Å². The predicted molar refractivity (Wildman–Crippen MR) is 56.3 cm³/mol. The summed E-state index contributed by atoms with van der Waals surface area (Å²) >= 11 is 0. The topological polar surface area (TPSA) is 57.6 Å². The maximum atomic E-state index is 12.1. The fraction of sp³-hybridized carbons (Fsp3) is 0.833. The molecule has 1 heterocycles. The molecule has 3 aliphatic rings. The second-order valence-electron chi connectivity index (χ2n) is 5.32. The molecule has 2 atom stereocenters. The number of imide groups is 1. The highest BCUT2D eigenvalue weighted by Gasteiger charge is 2.52. The third-order valence-electron chi connectivity index (χ3n) is 4.33. The molecule has 16 heavy (non-hydrogen) atoms. The third kappa shape index (κ3) is 1.32. The van der Waals surface area contributed by atoms with E-state index in [9.17, 15) is 14.7 Å². The van der Waals surface area contributed by atoms with Crippen LogP contribution < -0.4 is 0 Å². The van der Waals surface area contributed by atoms with E-state index in [1.54, 1.807) is 0 Å².